The number of hydrogen-bond acceptors (Lipinski definition) is 2. The highest BCUT2D eigenvalue weighted by molar-refractivity contribution is 6.31. The Hall–Kier alpha value is -1.26. The fourth-order valence-electron chi connectivity index (χ4n) is 2.21. The third kappa shape index (κ3) is 3.50. The van der Waals surface area contributed by atoms with Crippen LogP contribution in [-0.2, 0) is 10.7 Å². The number of alkyl halides is 1. The Balaban J connectivity index is 2.39. The van der Waals surface area contributed by atoms with Crippen LogP contribution in [0.25, 0.3) is 11.0 Å². The molecule has 0 aliphatic heterocycles. The van der Waals surface area contributed by atoms with Gasteiger partial charge in [0.2, 0.25) is 5.91 Å². The van der Waals surface area contributed by atoms with Crippen LogP contribution in [0.1, 0.15) is 32.6 Å². The van der Waals surface area contributed by atoms with Crippen LogP contribution in [0.3, 0.4) is 0 Å². The number of halogens is 2. The first-order valence-electron chi connectivity index (χ1n) is 6.94. The number of aromatic nitrogens is 2. The first-order chi connectivity index (χ1) is 9.93. The summed E-state index contributed by atoms with van der Waals surface area (Å²) in [6, 6.07) is 5.04. The smallest absolute Gasteiger partial charge is 0.242 e. The summed E-state index contributed by atoms with van der Waals surface area (Å²) in [4.78, 5) is 16.8. The molecule has 1 atom stereocenters. The molecule has 114 valence electrons. The van der Waals surface area contributed by atoms with Gasteiger partial charge in [0.15, 0.2) is 0 Å². The SMILES string of the molecule is CC(C)CNC(=O)C(C)n1c(CCl)nc2ccc(Cl)cc21. The monoisotopic (exact) mass is 327 g/mol. The molecule has 0 saturated heterocycles. The van der Waals surface area contributed by atoms with E-state index in [-0.39, 0.29) is 17.8 Å². The third-order valence-electron chi connectivity index (χ3n) is 3.30. The van der Waals surface area contributed by atoms with Crippen molar-refractivity contribution < 1.29 is 4.79 Å². The van der Waals surface area contributed by atoms with Crippen LogP contribution < -0.4 is 5.32 Å². The van der Waals surface area contributed by atoms with Gasteiger partial charge in [0, 0.05) is 11.6 Å². The number of nitrogens with zero attached hydrogens (tertiary/aromatic N) is 2. The van der Waals surface area contributed by atoms with Crippen LogP contribution in [-0.4, -0.2) is 22.0 Å². The number of benzene rings is 1. The summed E-state index contributed by atoms with van der Waals surface area (Å²) >= 11 is 12.0. The van der Waals surface area contributed by atoms with Crippen molar-refractivity contribution in [2.45, 2.75) is 32.7 Å². The molecule has 1 aromatic heterocycles. The van der Waals surface area contributed by atoms with Crippen LogP contribution >= 0.6 is 23.2 Å². The van der Waals surface area contributed by atoms with Gasteiger partial charge in [-0.05, 0) is 31.0 Å². The van der Waals surface area contributed by atoms with E-state index in [1.807, 2.05) is 23.6 Å². The van der Waals surface area contributed by atoms with Crippen LogP contribution in [0.5, 0.6) is 0 Å². The molecule has 1 N–H and O–H groups in total. The van der Waals surface area contributed by atoms with Crippen molar-refractivity contribution in [3.05, 3.63) is 29.0 Å². The molecular formula is C15H19Cl2N3O. The maximum absolute atomic E-state index is 12.3. The fraction of sp³-hybridized carbons (Fsp3) is 0.467. The van der Waals surface area contributed by atoms with E-state index in [0.717, 1.165) is 11.0 Å². The fourth-order valence-corrected chi connectivity index (χ4v) is 2.57. The van der Waals surface area contributed by atoms with E-state index in [0.29, 0.717) is 23.3 Å². The Morgan fingerprint density at radius 3 is 2.71 bits per heavy atom. The zero-order valence-electron chi connectivity index (χ0n) is 12.4. The highest BCUT2D eigenvalue weighted by Crippen LogP contribution is 2.25. The molecule has 6 heteroatoms. The number of nitrogens with one attached hydrogen (secondary N) is 1. The van der Waals surface area contributed by atoms with Gasteiger partial charge in [-0.15, -0.1) is 11.6 Å². The topological polar surface area (TPSA) is 46.9 Å². The van der Waals surface area contributed by atoms with E-state index >= 15 is 0 Å². The summed E-state index contributed by atoms with van der Waals surface area (Å²) in [6.07, 6.45) is 0. The van der Waals surface area contributed by atoms with Gasteiger partial charge < -0.3 is 9.88 Å². The van der Waals surface area contributed by atoms with Gasteiger partial charge in [0.25, 0.3) is 0 Å². The molecule has 1 amide bonds. The zero-order valence-corrected chi connectivity index (χ0v) is 13.9. The Morgan fingerprint density at radius 1 is 1.38 bits per heavy atom. The molecule has 0 spiro atoms. The predicted octanol–water partition coefficient (Wildman–Crippen LogP) is 3.76. The maximum Gasteiger partial charge on any atom is 0.242 e. The third-order valence-corrected chi connectivity index (χ3v) is 3.77. The molecule has 0 saturated carbocycles. The van der Waals surface area contributed by atoms with E-state index in [1.54, 1.807) is 6.07 Å². The summed E-state index contributed by atoms with van der Waals surface area (Å²) in [5.41, 5.74) is 1.61. The molecule has 0 radical (unpaired) electrons. The second-order valence-electron chi connectivity index (χ2n) is 5.48. The number of rotatable bonds is 5. The van der Waals surface area contributed by atoms with Gasteiger partial charge in [0.1, 0.15) is 11.9 Å². The molecule has 0 aliphatic rings. The molecule has 0 bridgehead atoms. The minimum atomic E-state index is -0.388. The second kappa shape index (κ2) is 6.67. The molecular weight excluding hydrogens is 309 g/mol. The van der Waals surface area contributed by atoms with E-state index in [1.165, 1.54) is 0 Å². The molecule has 1 unspecified atom stereocenters. The normalized spacial score (nSPS) is 12.9. The summed E-state index contributed by atoms with van der Waals surface area (Å²) < 4.78 is 1.85. The Bertz CT molecular complexity index is 652. The number of fused-ring (bicyclic) bond motifs is 1. The van der Waals surface area contributed by atoms with Gasteiger partial charge in [-0.3, -0.25) is 4.79 Å². The number of carbonyl (C=O) groups is 1. The first kappa shape index (κ1) is 16.1. The lowest BCUT2D eigenvalue weighted by Crippen LogP contribution is -2.34. The number of hydrogen-bond donors (Lipinski definition) is 1. The highest BCUT2D eigenvalue weighted by Gasteiger charge is 2.21. The van der Waals surface area contributed by atoms with Crippen LogP contribution in [0, 0.1) is 5.92 Å². The molecule has 1 aromatic carbocycles. The van der Waals surface area contributed by atoms with Crippen molar-refractivity contribution >= 4 is 40.1 Å². The quantitative estimate of drug-likeness (QED) is 0.850. The lowest BCUT2D eigenvalue weighted by molar-refractivity contribution is -0.124. The summed E-state index contributed by atoms with van der Waals surface area (Å²) in [7, 11) is 0. The summed E-state index contributed by atoms with van der Waals surface area (Å²) in [6.45, 7) is 6.60. The molecule has 2 aromatic rings. The molecule has 21 heavy (non-hydrogen) atoms. The summed E-state index contributed by atoms with van der Waals surface area (Å²) in [5, 5.41) is 3.55. The number of carbonyl (C=O) groups excluding carboxylic acids is 1. The minimum absolute atomic E-state index is 0.0469. The molecule has 1 heterocycles. The Labute approximate surface area is 134 Å². The van der Waals surface area contributed by atoms with Crippen molar-refractivity contribution in [2.24, 2.45) is 5.92 Å². The molecule has 0 aliphatic carbocycles. The van der Waals surface area contributed by atoms with Gasteiger partial charge in [-0.2, -0.15) is 0 Å². The average molecular weight is 328 g/mol. The standard InChI is InChI=1S/C15H19Cl2N3O/c1-9(2)8-18-15(21)10(3)20-13-6-11(17)4-5-12(13)19-14(20)7-16/h4-6,9-10H,7-8H2,1-3H3,(H,18,21). The van der Waals surface area contributed by atoms with Gasteiger partial charge >= 0.3 is 0 Å². The van der Waals surface area contributed by atoms with Crippen molar-refractivity contribution in [3.63, 3.8) is 0 Å². The van der Waals surface area contributed by atoms with E-state index in [4.69, 9.17) is 23.2 Å². The van der Waals surface area contributed by atoms with Crippen LogP contribution in [0.2, 0.25) is 5.02 Å². The maximum atomic E-state index is 12.3. The van der Waals surface area contributed by atoms with Gasteiger partial charge in [0.05, 0.1) is 16.9 Å². The van der Waals surface area contributed by atoms with Crippen LogP contribution in [0.15, 0.2) is 18.2 Å². The minimum Gasteiger partial charge on any atom is -0.354 e. The second-order valence-corrected chi connectivity index (χ2v) is 6.18. The molecule has 4 nitrogen and oxygen atoms in total. The van der Waals surface area contributed by atoms with Crippen LogP contribution in [0.4, 0.5) is 0 Å². The predicted molar refractivity (Wildman–Crippen MR) is 86.9 cm³/mol. The van der Waals surface area contributed by atoms with Crippen molar-refractivity contribution in [1.29, 1.82) is 0 Å². The van der Waals surface area contributed by atoms with Gasteiger partial charge in [-0.25, -0.2) is 4.98 Å². The van der Waals surface area contributed by atoms with Crippen molar-refractivity contribution in [1.82, 2.24) is 14.9 Å². The van der Waals surface area contributed by atoms with Crippen molar-refractivity contribution in [2.75, 3.05) is 6.54 Å². The zero-order chi connectivity index (χ0) is 15.6. The Morgan fingerprint density at radius 2 is 2.10 bits per heavy atom. The molecule has 2 rings (SSSR count). The Kier molecular flexibility index (Phi) is 5.12. The molecule has 0 fully saturated rings. The number of imidazole rings is 1. The van der Waals surface area contributed by atoms with E-state index in [9.17, 15) is 4.79 Å². The first-order valence-corrected chi connectivity index (χ1v) is 7.85. The largest absolute Gasteiger partial charge is 0.354 e. The lowest BCUT2D eigenvalue weighted by atomic mass is 10.2. The number of amides is 1. The van der Waals surface area contributed by atoms with Gasteiger partial charge in [-0.1, -0.05) is 25.4 Å². The lowest BCUT2D eigenvalue weighted by Gasteiger charge is -2.17. The van der Waals surface area contributed by atoms with E-state index < -0.39 is 0 Å². The average Bonchev–Trinajstić information content (AvgIpc) is 2.81. The summed E-state index contributed by atoms with van der Waals surface area (Å²) in [5.74, 6) is 1.27. The van der Waals surface area contributed by atoms with Crippen molar-refractivity contribution in [3.8, 4) is 0 Å². The van der Waals surface area contributed by atoms with E-state index in [2.05, 4.69) is 24.1 Å². The highest BCUT2D eigenvalue weighted by atomic mass is 35.5.